The minimum atomic E-state index is -0.721. The smallest absolute Gasteiger partial charge is 0.0833 e. The van der Waals surface area contributed by atoms with E-state index in [0.29, 0.717) is 17.8 Å². The second kappa shape index (κ2) is 5.22. The largest absolute Gasteiger partial charge is 0.388 e. The van der Waals surface area contributed by atoms with Crippen molar-refractivity contribution in [3.63, 3.8) is 0 Å². The second-order valence-corrected chi connectivity index (χ2v) is 9.76. The molecule has 0 aliphatic heterocycles. The quantitative estimate of drug-likeness (QED) is 0.734. The Hall–Kier alpha value is -0.550. The molecule has 0 amide bonds. The first-order chi connectivity index (χ1) is 10.9. The van der Waals surface area contributed by atoms with Crippen LogP contribution in [0, 0.1) is 45.8 Å². The minimum absolute atomic E-state index is 0.0121. The van der Waals surface area contributed by atoms with Crippen LogP contribution in [0.25, 0.3) is 0 Å². The molecule has 2 nitrogen and oxygen atoms in total. The third kappa shape index (κ3) is 2.02. The fraction of sp³-hybridized carbons (Fsp3) is 0.952. The lowest BCUT2D eigenvalue weighted by Gasteiger charge is -2.61. The molecule has 0 saturated heterocycles. The summed E-state index contributed by atoms with van der Waals surface area (Å²) >= 11 is 0. The molecule has 0 aromatic heterocycles. The van der Waals surface area contributed by atoms with Gasteiger partial charge in [-0.1, -0.05) is 26.7 Å². The van der Waals surface area contributed by atoms with Gasteiger partial charge in [-0.15, -0.1) is 0 Å². The maximum absolute atomic E-state index is 11.2. The molecule has 7 atom stereocenters. The van der Waals surface area contributed by atoms with Crippen molar-refractivity contribution in [1.82, 2.24) is 0 Å². The summed E-state index contributed by atoms with van der Waals surface area (Å²) in [5.41, 5.74) is -0.165. The van der Waals surface area contributed by atoms with E-state index in [9.17, 15) is 10.4 Å². The van der Waals surface area contributed by atoms with Gasteiger partial charge in [-0.3, -0.25) is 0 Å². The fourth-order valence-electron chi connectivity index (χ4n) is 7.83. The number of hydrogen-bond donors (Lipinski definition) is 1. The maximum Gasteiger partial charge on any atom is 0.0833 e. The van der Waals surface area contributed by atoms with Crippen molar-refractivity contribution in [3.8, 4) is 6.07 Å². The van der Waals surface area contributed by atoms with E-state index in [1.807, 2.05) is 0 Å². The van der Waals surface area contributed by atoms with Crippen LogP contribution in [-0.2, 0) is 0 Å². The Morgan fingerprint density at radius 1 is 0.957 bits per heavy atom. The van der Waals surface area contributed by atoms with Crippen LogP contribution >= 0.6 is 0 Å². The van der Waals surface area contributed by atoms with Crippen LogP contribution in [-0.4, -0.2) is 10.7 Å². The van der Waals surface area contributed by atoms with Crippen LogP contribution in [0.3, 0.4) is 0 Å². The molecule has 4 aliphatic rings. The first kappa shape index (κ1) is 15.9. The number of hydrogen-bond acceptors (Lipinski definition) is 2. The van der Waals surface area contributed by atoms with Gasteiger partial charge in [0.1, 0.15) is 0 Å². The summed E-state index contributed by atoms with van der Waals surface area (Å²) in [6.07, 6.45) is 13.3. The zero-order valence-electron chi connectivity index (χ0n) is 15.0. The van der Waals surface area contributed by atoms with E-state index in [4.69, 9.17) is 0 Å². The molecular formula is C21H33NO. The number of aliphatic hydroxyl groups is 1. The third-order valence-corrected chi connectivity index (χ3v) is 9.28. The molecular weight excluding hydrogens is 282 g/mol. The van der Waals surface area contributed by atoms with Crippen LogP contribution < -0.4 is 0 Å². The molecule has 23 heavy (non-hydrogen) atoms. The molecule has 4 rings (SSSR count). The Bertz CT molecular complexity index is 524. The minimum Gasteiger partial charge on any atom is -0.388 e. The summed E-state index contributed by atoms with van der Waals surface area (Å²) in [6, 6.07) is 2.28. The van der Waals surface area contributed by atoms with Gasteiger partial charge in [0.15, 0.2) is 0 Å². The van der Waals surface area contributed by atoms with E-state index < -0.39 is 5.60 Å². The molecule has 1 N–H and O–H groups in total. The lowest BCUT2D eigenvalue weighted by atomic mass is 9.44. The number of fused-ring (bicyclic) bond motifs is 5. The molecule has 128 valence electrons. The zero-order chi connectivity index (χ0) is 16.3. The van der Waals surface area contributed by atoms with Gasteiger partial charge in [0.25, 0.3) is 0 Å². The molecule has 0 aromatic rings. The first-order valence-corrected chi connectivity index (χ1v) is 10.0. The lowest BCUT2D eigenvalue weighted by Crippen LogP contribution is -2.56. The van der Waals surface area contributed by atoms with E-state index in [0.717, 1.165) is 37.0 Å². The Kier molecular flexibility index (Phi) is 3.62. The van der Waals surface area contributed by atoms with Crippen LogP contribution in [0.2, 0.25) is 0 Å². The number of rotatable bonds is 1. The zero-order valence-corrected chi connectivity index (χ0v) is 15.0. The van der Waals surface area contributed by atoms with Gasteiger partial charge in [0.05, 0.1) is 18.1 Å². The van der Waals surface area contributed by atoms with E-state index in [2.05, 4.69) is 19.9 Å². The lowest BCUT2D eigenvalue weighted by molar-refractivity contribution is -0.149. The molecule has 0 unspecified atom stereocenters. The fourth-order valence-corrected chi connectivity index (χ4v) is 7.83. The molecule has 0 spiro atoms. The van der Waals surface area contributed by atoms with Crippen molar-refractivity contribution in [2.45, 2.75) is 90.1 Å². The van der Waals surface area contributed by atoms with Crippen LogP contribution in [0.1, 0.15) is 84.5 Å². The van der Waals surface area contributed by atoms with Crippen LogP contribution in [0.5, 0.6) is 0 Å². The standard InChI is InChI=1S/C21H33NO/c1-19-10-4-3-5-15(19)6-7-16-17(19)8-11-20(2)18(16)9-12-21(20,23)13-14-22/h15-18,23H,3-13H2,1-2H3/t15-,16-,17-,18-,19+,20+,21-/m1/s1. The predicted molar refractivity (Wildman–Crippen MR) is 91.5 cm³/mol. The highest BCUT2D eigenvalue weighted by Gasteiger charge is 2.64. The highest BCUT2D eigenvalue weighted by Crippen LogP contribution is 2.68. The molecule has 0 heterocycles. The summed E-state index contributed by atoms with van der Waals surface area (Å²) in [5, 5.41) is 20.4. The van der Waals surface area contributed by atoms with Crippen molar-refractivity contribution >= 4 is 0 Å². The molecule has 0 radical (unpaired) electrons. The normalized spacial score (nSPS) is 55.4. The maximum atomic E-state index is 11.2. The van der Waals surface area contributed by atoms with Gasteiger partial charge in [-0.2, -0.15) is 5.26 Å². The van der Waals surface area contributed by atoms with Gasteiger partial charge >= 0.3 is 0 Å². The Morgan fingerprint density at radius 2 is 1.74 bits per heavy atom. The van der Waals surface area contributed by atoms with Gasteiger partial charge in [0.2, 0.25) is 0 Å². The van der Waals surface area contributed by atoms with Gasteiger partial charge in [-0.05, 0) is 80.5 Å². The topological polar surface area (TPSA) is 44.0 Å². The number of nitriles is 1. The molecule has 2 heteroatoms. The predicted octanol–water partition coefficient (Wildman–Crippen LogP) is 5.06. The molecule has 4 saturated carbocycles. The SMILES string of the molecule is C[C@]12CCCC[C@@H]1CC[C@@H]1[C@H]2CC[C@@]2(C)[C@@H]1CC[C@@]2(O)CC#N. The Morgan fingerprint density at radius 3 is 2.52 bits per heavy atom. The number of nitrogens with zero attached hydrogens (tertiary/aromatic N) is 1. The Balaban J connectivity index is 1.64. The van der Waals surface area contributed by atoms with Crippen molar-refractivity contribution in [3.05, 3.63) is 0 Å². The van der Waals surface area contributed by atoms with Crippen molar-refractivity contribution in [2.75, 3.05) is 0 Å². The molecule has 4 fully saturated rings. The van der Waals surface area contributed by atoms with Crippen molar-refractivity contribution in [1.29, 1.82) is 5.26 Å². The summed E-state index contributed by atoms with van der Waals surface area (Å²) < 4.78 is 0. The van der Waals surface area contributed by atoms with E-state index in [1.165, 1.54) is 44.9 Å². The third-order valence-electron chi connectivity index (χ3n) is 9.28. The van der Waals surface area contributed by atoms with Crippen molar-refractivity contribution in [2.24, 2.45) is 34.5 Å². The van der Waals surface area contributed by atoms with Crippen LogP contribution in [0.15, 0.2) is 0 Å². The van der Waals surface area contributed by atoms with E-state index in [1.54, 1.807) is 0 Å². The summed E-state index contributed by atoms with van der Waals surface area (Å²) in [5.74, 6) is 3.30. The average molecular weight is 316 g/mol. The molecule has 0 aromatic carbocycles. The van der Waals surface area contributed by atoms with E-state index in [-0.39, 0.29) is 5.41 Å². The second-order valence-electron chi connectivity index (χ2n) is 9.76. The highest BCUT2D eigenvalue weighted by molar-refractivity contribution is 5.15. The average Bonchev–Trinajstić information content (AvgIpc) is 2.79. The van der Waals surface area contributed by atoms with Crippen LogP contribution in [0.4, 0.5) is 0 Å². The van der Waals surface area contributed by atoms with Gasteiger partial charge in [-0.25, -0.2) is 0 Å². The Labute approximate surface area is 141 Å². The first-order valence-electron chi connectivity index (χ1n) is 10.0. The van der Waals surface area contributed by atoms with Gasteiger partial charge < -0.3 is 5.11 Å². The summed E-state index contributed by atoms with van der Waals surface area (Å²) in [6.45, 7) is 4.92. The molecule has 4 aliphatic carbocycles. The monoisotopic (exact) mass is 315 g/mol. The van der Waals surface area contributed by atoms with Gasteiger partial charge in [0, 0.05) is 5.41 Å². The summed E-state index contributed by atoms with van der Waals surface area (Å²) in [4.78, 5) is 0. The highest BCUT2D eigenvalue weighted by atomic mass is 16.3. The van der Waals surface area contributed by atoms with E-state index >= 15 is 0 Å². The summed E-state index contributed by atoms with van der Waals surface area (Å²) in [7, 11) is 0. The van der Waals surface area contributed by atoms with Crippen molar-refractivity contribution < 1.29 is 5.11 Å². The molecule has 0 bridgehead atoms.